The molecule has 0 unspecified atom stereocenters. The summed E-state index contributed by atoms with van der Waals surface area (Å²) in [4.78, 5) is 34.6. The molecule has 1 N–H and O–H groups in total. The third-order valence-electron chi connectivity index (χ3n) is 2.79. The molecule has 0 aliphatic heterocycles. The van der Waals surface area contributed by atoms with Crippen molar-refractivity contribution in [1.82, 2.24) is 0 Å². The highest BCUT2D eigenvalue weighted by Gasteiger charge is 2.15. The van der Waals surface area contributed by atoms with Crippen LogP contribution in [-0.4, -0.2) is 39.2 Å². The quantitative estimate of drug-likeness (QED) is 0.500. The molecule has 0 amide bonds. The molecule has 1 aromatic rings. The van der Waals surface area contributed by atoms with Gasteiger partial charge in [-0.25, -0.2) is 14.4 Å². The van der Waals surface area contributed by atoms with Crippen molar-refractivity contribution in [3.05, 3.63) is 41.1 Å². The molecule has 0 radical (unpaired) electrons. The Morgan fingerprint density at radius 2 is 1.73 bits per heavy atom. The van der Waals surface area contributed by atoms with Gasteiger partial charge in [-0.15, -0.1) is 0 Å². The molecule has 22 heavy (non-hydrogen) atoms. The van der Waals surface area contributed by atoms with Gasteiger partial charge in [0.15, 0.2) is 0 Å². The molecule has 1 rings (SSSR count). The molecule has 0 fully saturated rings. The zero-order valence-corrected chi connectivity index (χ0v) is 12.8. The lowest BCUT2D eigenvalue weighted by atomic mass is 10.1. The summed E-state index contributed by atoms with van der Waals surface area (Å²) in [6, 6.07) is 4.84. The number of carbonyl (C=O) groups excluding carboxylic acids is 3. The van der Waals surface area contributed by atoms with Crippen LogP contribution in [0.3, 0.4) is 0 Å². The van der Waals surface area contributed by atoms with Gasteiger partial charge in [-0.2, -0.15) is 0 Å². The Balaban J connectivity index is 3.14. The van der Waals surface area contributed by atoms with Crippen LogP contribution < -0.4 is 5.32 Å². The second-order valence-corrected chi connectivity index (χ2v) is 4.22. The van der Waals surface area contributed by atoms with Crippen LogP contribution in [0.1, 0.15) is 15.9 Å². The molecule has 0 aliphatic carbocycles. The first-order valence-electron chi connectivity index (χ1n) is 6.26. The summed E-state index contributed by atoms with van der Waals surface area (Å²) in [5, 5.41) is 2.72. The van der Waals surface area contributed by atoms with Gasteiger partial charge in [-0.3, -0.25) is 0 Å². The van der Waals surface area contributed by atoms with E-state index in [9.17, 15) is 14.4 Å². The van der Waals surface area contributed by atoms with Gasteiger partial charge in [-0.1, -0.05) is 6.07 Å². The highest BCUT2D eigenvalue weighted by molar-refractivity contribution is 5.99. The van der Waals surface area contributed by atoms with Gasteiger partial charge in [0.05, 0.1) is 33.0 Å². The van der Waals surface area contributed by atoms with Crippen molar-refractivity contribution in [2.45, 2.75) is 6.92 Å². The van der Waals surface area contributed by atoms with Gasteiger partial charge in [0.25, 0.3) is 0 Å². The van der Waals surface area contributed by atoms with E-state index in [1.165, 1.54) is 27.4 Å². The Morgan fingerprint density at radius 1 is 1.05 bits per heavy atom. The van der Waals surface area contributed by atoms with Crippen LogP contribution in [0.15, 0.2) is 30.0 Å². The molecular formula is C15H17NO6. The number of methoxy groups -OCH3 is 3. The minimum absolute atomic E-state index is 0.117. The molecule has 7 heteroatoms. The smallest absolute Gasteiger partial charge is 0.354 e. The second kappa shape index (κ2) is 7.82. The van der Waals surface area contributed by atoms with Crippen molar-refractivity contribution >= 4 is 23.6 Å². The van der Waals surface area contributed by atoms with Crippen LogP contribution in [0.5, 0.6) is 0 Å². The highest BCUT2D eigenvalue weighted by atomic mass is 16.5. The van der Waals surface area contributed by atoms with E-state index >= 15 is 0 Å². The maximum atomic E-state index is 11.7. The molecular weight excluding hydrogens is 290 g/mol. The molecule has 0 heterocycles. The zero-order valence-electron chi connectivity index (χ0n) is 12.8. The van der Waals surface area contributed by atoms with Gasteiger partial charge in [0.2, 0.25) is 0 Å². The largest absolute Gasteiger partial charge is 0.466 e. The van der Waals surface area contributed by atoms with Crippen LogP contribution in [0, 0.1) is 6.92 Å². The molecule has 1 aromatic carbocycles. The van der Waals surface area contributed by atoms with Gasteiger partial charge >= 0.3 is 17.9 Å². The zero-order chi connectivity index (χ0) is 16.7. The minimum atomic E-state index is -0.745. The summed E-state index contributed by atoms with van der Waals surface area (Å²) in [7, 11) is 3.65. The predicted octanol–water partition coefficient (Wildman–Crippen LogP) is 1.42. The Bertz CT molecular complexity index is 620. The Hall–Kier alpha value is -2.83. The maximum Gasteiger partial charge on any atom is 0.354 e. The van der Waals surface area contributed by atoms with Gasteiger partial charge in [0, 0.05) is 5.69 Å². The van der Waals surface area contributed by atoms with Gasteiger partial charge in [0.1, 0.15) is 5.70 Å². The number of anilines is 1. The number of hydrogen-bond donors (Lipinski definition) is 1. The van der Waals surface area contributed by atoms with Crippen molar-refractivity contribution in [2.24, 2.45) is 0 Å². The number of hydrogen-bond acceptors (Lipinski definition) is 7. The first kappa shape index (κ1) is 17.2. The summed E-state index contributed by atoms with van der Waals surface area (Å²) in [6.07, 6.45) is 0.962. The number of benzene rings is 1. The van der Waals surface area contributed by atoms with Crippen molar-refractivity contribution in [3.63, 3.8) is 0 Å². The SMILES string of the molecule is COC(=O)/C=C(/Nc1ccc(C)c(C(=O)OC)c1)C(=O)OC. The second-order valence-electron chi connectivity index (χ2n) is 4.22. The number of nitrogens with one attached hydrogen (secondary N) is 1. The normalized spacial score (nSPS) is 10.6. The number of esters is 3. The van der Waals surface area contributed by atoms with Crippen molar-refractivity contribution in [1.29, 1.82) is 0 Å². The topological polar surface area (TPSA) is 90.9 Å². The third kappa shape index (κ3) is 4.34. The number of ether oxygens (including phenoxy) is 3. The predicted molar refractivity (Wildman–Crippen MR) is 78.3 cm³/mol. The van der Waals surface area contributed by atoms with Crippen LogP contribution >= 0.6 is 0 Å². The molecule has 0 saturated heterocycles. The van der Waals surface area contributed by atoms with E-state index in [-0.39, 0.29) is 5.70 Å². The lowest BCUT2D eigenvalue weighted by molar-refractivity contribution is -0.138. The molecule has 118 valence electrons. The summed E-state index contributed by atoms with van der Waals surface area (Å²) in [5.41, 5.74) is 1.37. The molecule has 0 atom stereocenters. The molecule has 0 aliphatic rings. The standard InChI is InChI=1S/C15H17NO6/c1-9-5-6-10(7-11(9)14(18)21-3)16-12(15(19)22-4)8-13(17)20-2/h5-8,16H,1-4H3/b12-8+. The number of rotatable bonds is 5. The summed E-state index contributed by atoms with van der Waals surface area (Å²) >= 11 is 0. The van der Waals surface area contributed by atoms with Crippen molar-refractivity contribution < 1.29 is 28.6 Å². The molecule has 0 saturated carbocycles. The van der Waals surface area contributed by atoms with E-state index in [1.54, 1.807) is 19.1 Å². The Labute approximate surface area is 127 Å². The maximum absolute atomic E-state index is 11.7. The molecule has 0 bridgehead atoms. The Kier molecular flexibility index (Phi) is 6.12. The first-order valence-corrected chi connectivity index (χ1v) is 6.26. The molecule has 0 spiro atoms. The fourth-order valence-electron chi connectivity index (χ4n) is 1.62. The fraction of sp³-hybridized carbons (Fsp3) is 0.267. The van der Waals surface area contributed by atoms with E-state index in [0.717, 1.165) is 6.08 Å². The van der Waals surface area contributed by atoms with E-state index < -0.39 is 17.9 Å². The minimum Gasteiger partial charge on any atom is -0.466 e. The number of carbonyl (C=O) groups is 3. The average molecular weight is 307 g/mol. The highest BCUT2D eigenvalue weighted by Crippen LogP contribution is 2.18. The van der Waals surface area contributed by atoms with E-state index in [0.29, 0.717) is 16.8 Å². The monoisotopic (exact) mass is 307 g/mol. The first-order chi connectivity index (χ1) is 10.4. The van der Waals surface area contributed by atoms with Crippen molar-refractivity contribution in [2.75, 3.05) is 26.6 Å². The van der Waals surface area contributed by atoms with E-state index in [4.69, 9.17) is 0 Å². The summed E-state index contributed by atoms with van der Waals surface area (Å²) in [5.74, 6) is -1.96. The van der Waals surface area contributed by atoms with Crippen LogP contribution in [0.25, 0.3) is 0 Å². The van der Waals surface area contributed by atoms with Gasteiger partial charge < -0.3 is 19.5 Å². The summed E-state index contributed by atoms with van der Waals surface area (Å²) < 4.78 is 13.7. The lowest BCUT2D eigenvalue weighted by Crippen LogP contribution is -2.16. The average Bonchev–Trinajstić information content (AvgIpc) is 2.54. The van der Waals surface area contributed by atoms with Crippen LogP contribution in [0.4, 0.5) is 5.69 Å². The van der Waals surface area contributed by atoms with E-state index in [2.05, 4.69) is 19.5 Å². The lowest BCUT2D eigenvalue weighted by Gasteiger charge is -2.11. The molecule has 7 nitrogen and oxygen atoms in total. The van der Waals surface area contributed by atoms with Crippen molar-refractivity contribution in [3.8, 4) is 0 Å². The summed E-state index contributed by atoms with van der Waals surface area (Å²) in [6.45, 7) is 1.75. The van der Waals surface area contributed by atoms with Gasteiger partial charge in [-0.05, 0) is 24.6 Å². The third-order valence-corrected chi connectivity index (χ3v) is 2.79. The Morgan fingerprint density at radius 3 is 2.27 bits per heavy atom. The molecule has 0 aromatic heterocycles. The fourth-order valence-corrected chi connectivity index (χ4v) is 1.62. The van der Waals surface area contributed by atoms with Crippen LogP contribution in [-0.2, 0) is 23.8 Å². The van der Waals surface area contributed by atoms with E-state index in [1.807, 2.05) is 0 Å². The number of aryl methyl sites for hydroxylation is 1. The van der Waals surface area contributed by atoms with Crippen LogP contribution in [0.2, 0.25) is 0 Å².